The van der Waals surface area contributed by atoms with Crippen LogP contribution in [0.1, 0.15) is 38.8 Å². The highest BCUT2D eigenvalue weighted by atomic mass is 16.5. The highest BCUT2D eigenvalue weighted by molar-refractivity contribution is 5.95. The zero-order chi connectivity index (χ0) is 28.1. The van der Waals surface area contributed by atoms with Gasteiger partial charge in [-0.3, -0.25) is 14.7 Å². The van der Waals surface area contributed by atoms with Crippen LogP contribution < -0.4 is 14.8 Å². The molecule has 1 aliphatic carbocycles. The van der Waals surface area contributed by atoms with E-state index in [1.54, 1.807) is 17.4 Å². The minimum absolute atomic E-state index is 0.0536. The molecule has 2 aromatic heterocycles. The molecule has 0 radical (unpaired) electrons. The van der Waals surface area contributed by atoms with Gasteiger partial charge in [0, 0.05) is 24.9 Å². The molecule has 210 valence electrons. The number of fused-ring (bicyclic) bond motifs is 1. The van der Waals surface area contributed by atoms with Gasteiger partial charge in [-0.05, 0) is 82.6 Å². The van der Waals surface area contributed by atoms with Crippen molar-refractivity contribution in [1.82, 2.24) is 24.8 Å². The van der Waals surface area contributed by atoms with Crippen LogP contribution in [0.2, 0.25) is 0 Å². The molecule has 0 bridgehead atoms. The number of nitrogens with one attached hydrogen (secondary N) is 1. The van der Waals surface area contributed by atoms with Gasteiger partial charge in [0.2, 0.25) is 5.91 Å². The lowest BCUT2D eigenvalue weighted by atomic mass is 10.0. The van der Waals surface area contributed by atoms with E-state index >= 15 is 0 Å². The number of rotatable bonds is 10. The second kappa shape index (κ2) is 12.5. The first-order valence-electron chi connectivity index (χ1n) is 14.0. The summed E-state index contributed by atoms with van der Waals surface area (Å²) in [7, 11) is 1.84. The van der Waals surface area contributed by atoms with Crippen LogP contribution in [0.15, 0.2) is 66.3 Å². The van der Waals surface area contributed by atoms with Crippen molar-refractivity contribution >= 4 is 22.6 Å². The number of pyridine rings is 1. The van der Waals surface area contributed by atoms with E-state index in [2.05, 4.69) is 44.2 Å². The molecule has 9 nitrogen and oxygen atoms in total. The van der Waals surface area contributed by atoms with Crippen molar-refractivity contribution in [2.24, 2.45) is 0 Å². The van der Waals surface area contributed by atoms with Crippen LogP contribution in [0.25, 0.3) is 10.9 Å². The molecule has 3 aromatic rings. The van der Waals surface area contributed by atoms with Crippen molar-refractivity contribution in [3.05, 3.63) is 72.0 Å². The summed E-state index contributed by atoms with van der Waals surface area (Å²) in [4.78, 5) is 30.0. The Labute approximate surface area is 235 Å². The summed E-state index contributed by atoms with van der Waals surface area (Å²) in [6, 6.07) is 9.70. The lowest BCUT2D eigenvalue weighted by molar-refractivity contribution is -0.131. The number of amides is 1. The molecular weight excluding hydrogens is 504 g/mol. The number of carbonyl (C=O) groups excluding carboxylic acids is 1. The van der Waals surface area contributed by atoms with Crippen molar-refractivity contribution in [3.8, 4) is 11.5 Å². The van der Waals surface area contributed by atoms with E-state index in [1.807, 2.05) is 51.2 Å². The van der Waals surface area contributed by atoms with Gasteiger partial charge in [-0.15, -0.1) is 0 Å². The maximum Gasteiger partial charge on any atom is 0.236 e. The van der Waals surface area contributed by atoms with Crippen LogP contribution in [0.5, 0.6) is 11.5 Å². The van der Waals surface area contributed by atoms with Crippen LogP contribution in [0.4, 0.5) is 5.82 Å². The molecule has 5 rings (SSSR count). The number of aryl methyl sites for hydroxylation is 1. The fourth-order valence-corrected chi connectivity index (χ4v) is 5.14. The normalized spacial score (nSPS) is 18.1. The molecule has 2 aliphatic rings. The number of aromatic nitrogens is 3. The molecule has 1 N–H and O–H groups in total. The van der Waals surface area contributed by atoms with E-state index in [0.717, 1.165) is 53.1 Å². The number of anilines is 1. The topological polar surface area (TPSA) is 92.7 Å². The van der Waals surface area contributed by atoms with Crippen LogP contribution in [-0.4, -0.2) is 76.1 Å². The van der Waals surface area contributed by atoms with Crippen molar-refractivity contribution in [2.75, 3.05) is 38.5 Å². The first-order valence-corrected chi connectivity index (χ1v) is 14.0. The van der Waals surface area contributed by atoms with Gasteiger partial charge in [0.15, 0.2) is 0 Å². The first-order chi connectivity index (χ1) is 19.4. The molecule has 1 aliphatic heterocycles. The lowest BCUT2D eigenvalue weighted by Gasteiger charge is -2.25. The van der Waals surface area contributed by atoms with Gasteiger partial charge in [-0.25, -0.2) is 9.97 Å². The Bertz CT molecular complexity index is 1390. The molecule has 0 spiro atoms. The second-order valence-electron chi connectivity index (χ2n) is 10.7. The molecule has 1 fully saturated rings. The minimum atomic E-state index is -0.212. The van der Waals surface area contributed by atoms with Gasteiger partial charge >= 0.3 is 0 Å². The Balaban J connectivity index is 1.26. The molecule has 1 amide bonds. The zero-order valence-electron chi connectivity index (χ0n) is 23.8. The standard InChI is InChI=1S/C31H38N6O3/c1-21-16-24(11-13-27(21)40-25-12-10-22(2)32-17-25)35-31-30-26(33-20-34-31)8-7-9-28(30)39-23(3)18-36(4)29(38)19-37-14-5-6-15-37/h7-12,16-17,20,23,27H,5-6,13-15,18-19H2,1-4H3,(H,33,34,35). The molecule has 40 heavy (non-hydrogen) atoms. The molecule has 2 unspecified atom stereocenters. The number of allylic oxidation sites excluding steroid dienone is 1. The Kier molecular flexibility index (Phi) is 8.60. The highest BCUT2D eigenvalue weighted by Crippen LogP contribution is 2.32. The van der Waals surface area contributed by atoms with Gasteiger partial charge in [-0.2, -0.15) is 0 Å². The summed E-state index contributed by atoms with van der Waals surface area (Å²) in [6.45, 7) is 8.96. The van der Waals surface area contributed by atoms with Crippen molar-refractivity contribution in [1.29, 1.82) is 0 Å². The number of hydrogen-bond acceptors (Lipinski definition) is 8. The Morgan fingerprint density at radius 2 is 1.98 bits per heavy atom. The average molecular weight is 543 g/mol. The number of hydrogen-bond donors (Lipinski definition) is 1. The van der Waals surface area contributed by atoms with E-state index in [4.69, 9.17) is 9.47 Å². The SMILES string of the molecule is CC1=CC(Nc2ncnc3cccc(OC(C)CN(C)C(=O)CN4CCCC4)c23)=CCC1Oc1ccc(C)nc1. The number of carbonyl (C=O) groups is 1. The molecule has 2 atom stereocenters. The average Bonchev–Trinajstić information content (AvgIpc) is 3.44. The monoisotopic (exact) mass is 542 g/mol. The van der Waals surface area contributed by atoms with E-state index in [-0.39, 0.29) is 18.1 Å². The van der Waals surface area contributed by atoms with E-state index in [0.29, 0.717) is 24.7 Å². The summed E-state index contributed by atoms with van der Waals surface area (Å²) in [5.74, 6) is 2.23. The summed E-state index contributed by atoms with van der Waals surface area (Å²) < 4.78 is 12.5. The highest BCUT2D eigenvalue weighted by Gasteiger charge is 2.21. The molecule has 1 saturated heterocycles. The maximum absolute atomic E-state index is 12.7. The van der Waals surface area contributed by atoms with Crippen molar-refractivity contribution in [3.63, 3.8) is 0 Å². The third-order valence-electron chi connectivity index (χ3n) is 7.34. The van der Waals surface area contributed by atoms with Crippen LogP contribution in [-0.2, 0) is 4.79 Å². The first kappa shape index (κ1) is 27.6. The number of likely N-dealkylation sites (N-methyl/N-ethyl adjacent to an activating group) is 1. The Morgan fingerprint density at radius 1 is 1.15 bits per heavy atom. The quantitative estimate of drug-likeness (QED) is 0.393. The summed E-state index contributed by atoms with van der Waals surface area (Å²) >= 11 is 0. The van der Waals surface area contributed by atoms with E-state index < -0.39 is 0 Å². The van der Waals surface area contributed by atoms with Crippen molar-refractivity contribution < 1.29 is 14.3 Å². The third kappa shape index (κ3) is 6.77. The molecule has 1 aromatic carbocycles. The molecule has 9 heteroatoms. The van der Waals surface area contributed by atoms with Crippen LogP contribution in [0.3, 0.4) is 0 Å². The molecule has 3 heterocycles. The molecular formula is C31H38N6O3. The predicted octanol–water partition coefficient (Wildman–Crippen LogP) is 4.75. The summed E-state index contributed by atoms with van der Waals surface area (Å²) in [5.41, 5.74) is 3.79. The Morgan fingerprint density at radius 3 is 2.73 bits per heavy atom. The summed E-state index contributed by atoms with van der Waals surface area (Å²) in [5, 5.41) is 4.28. The number of nitrogens with zero attached hydrogens (tertiary/aromatic N) is 5. The summed E-state index contributed by atoms with van der Waals surface area (Å²) in [6.07, 6.45) is 10.3. The van der Waals surface area contributed by atoms with Gasteiger partial charge in [-0.1, -0.05) is 12.1 Å². The van der Waals surface area contributed by atoms with Crippen LogP contribution in [0, 0.1) is 6.92 Å². The van der Waals surface area contributed by atoms with Gasteiger partial charge in [0.1, 0.15) is 35.9 Å². The Hall–Kier alpha value is -3.98. The lowest BCUT2D eigenvalue weighted by Crippen LogP contribution is -2.41. The number of benzene rings is 1. The van der Waals surface area contributed by atoms with E-state index in [1.165, 1.54) is 12.8 Å². The fourth-order valence-electron chi connectivity index (χ4n) is 5.14. The fraction of sp³-hybridized carbons (Fsp3) is 0.419. The second-order valence-corrected chi connectivity index (χ2v) is 10.7. The number of likely N-dealkylation sites (tertiary alicyclic amines) is 1. The maximum atomic E-state index is 12.7. The van der Waals surface area contributed by atoms with Gasteiger partial charge in [0.25, 0.3) is 0 Å². The predicted molar refractivity (Wildman–Crippen MR) is 156 cm³/mol. The van der Waals surface area contributed by atoms with Crippen LogP contribution >= 0.6 is 0 Å². The smallest absolute Gasteiger partial charge is 0.236 e. The van der Waals surface area contributed by atoms with Crippen molar-refractivity contribution in [2.45, 2.75) is 52.2 Å². The van der Waals surface area contributed by atoms with E-state index in [9.17, 15) is 4.79 Å². The molecule has 0 saturated carbocycles. The minimum Gasteiger partial charge on any atom is -0.488 e. The zero-order valence-corrected chi connectivity index (χ0v) is 23.8. The largest absolute Gasteiger partial charge is 0.488 e. The van der Waals surface area contributed by atoms with Gasteiger partial charge < -0.3 is 19.7 Å². The third-order valence-corrected chi connectivity index (χ3v) is 7.34. The van der Waals surface area contributed by atoms with Gasteiger partial charge in [0.05, 0.1) is 30.2 Å². The number of ether oxygens (including phenoxy) is 2.